The van der Waals surface area contributed by atoms with Crippen LogP contribution in [0.25, 0.3) is 0 Å². The van der Waals surface area contributed by atoms with E-state index in [1.807, 2.05) is 24.3 Å². The molecule has 2 atom stereocenters. The molecule has 0 aliphatic heterocycles. The van der Waals surface area contributed by atoms with E-state index >= 15 is 0 Å². The number of carbonyl (C=O) groups is 2. The molecule has 0 saturated carbocycles. The largest absolute Gasteiger partial charge is 0.481 e. The molecule has 136 valence electrons. The van der Waals surface area contributed by atoms with Crippen LogP contribution >= 0.6 is 0 Å². The van der Waals surface area contributed by atoms with Crippen molar-refractivity contribution in [3.8, 4) is 6.07 Å². The number of carbonyl (C=O) groups excluding carboxylic acids is 1. The molecular weight excluding hydrogens is 318 g/mol. The second-order valence-electron chi connectivity index (χ2n) is 6.43. The fourth-order valence-electron chi connectivity index (χ4n) is 2.97. The Balaban J connectivity index is 2.29. The third-order valence-corrected chi connectivity index (χ3v) is 4.59. The van der Waals surface area contributed by atoms with Gasteiger partial charge in [-0.2, -0.15) is 5.26 Å². The number of benzene rings is 1. The number of rotatable bonds is 11. The summed E-state index contributed by atoms with van der Waals surface area (Å²) in [6, 6.07) is 9.75. The molecule has 0 aromatic heterocycles. The van der Waals surface area contributed by atoms with E-state index in [0.717, 1.165) is 38.5 Å². The average Bonchev–Trinajstić information content (AvgIpc) is 2.62. The standard InChI is InChI=1S/C20H27NO4/c1-15(20(24)25-2)18(13-19(22)23)8-6-4-3-5-7-16-9-11-17(14-21)12-10-16/h9-12,15,18H,3-8,13H2,1-2H3,(H,22,23). The number of hydrogen-bond donors (Lipinski definition) is 1. The van der Waals surface area contributed by atoms with Gasteiger partial charge < -0.3 is 9.84 Å². The third kappa shape index (κ3) is 7.84. The van der Waals surface area contributed by atoms with Gasteiger partial charge in [0, 0.05) is 6.42 Å². The fraction of sp³-hybridized carbons (Fsp3) is 0.550. The maximum atomic E-state index is 11.6. The van der Waals surface area contributed by atoms with E-state index in [4.69, 9.17) is 15.1 Å². The lowest BCUT2D eigenvalue weighted by atomic mass is 9.86. The van der Waals surface area contributed by atoms with Crippen LogP contribution in [0.3, 0.4) is 0 Å². The second-order valence-corrected chi connectivity index (χ2v) is 6.43. The van der Waals surface area contributed by atoms with Gasteiger partial charge in [-0.1, -0.05) is 38.3 Å². The number of aryl methyl sites for hydroxylation is 1. The van der Waals surface area contributed by atoms with Gasteiger partial charge in [-0.15, -0.1) is 0 Å². The number of esters is 1. The van der Waals surface area contributed by atoms with Crippen LogP contribution in [0, 0.1) is 23.2 Å². The van der Waals surface area contributed by atoms with Crippen molar-refractivity contribution in [1.29, 1.82) is 5.26 Å². The van der Waals surface area contributed by atoms with Crippen LogP contribution in [-0.2, 0) is 20.7 Å². The lowest BCUT2D eigenvalue weighted by Gasteiger charge is -2.20. The molecule has 1 aromatic carbocycles. The molecule has 5 nitrogen and oxygen atoms in total. The molecule has 0 spiro atoms. The Kier molecular flexibility index (Phi) is 9.31. The zero-order valence-corrected chi connectivity index (χ0v) is 15.0. The monoisotopic (exact) mass is 345 g/mol. The quantitative estimate of drug-likeness (QED) is 0.484. The van der Waals surface area contributed by atoms with Gasteiger partial charge in [0.2, 0.25) is 0 Å². The maximum absolute atomic E-state index is 11.6. The van der Waals surface area contributed by atoms with Crippen molar-refractivity contribution in [3.05, 3.63) is 35.4 Å². The molecule has 0 fully saturated rings. The Morgan fingerprint density at radius 1 is 1.16 bits per heavy atom. The summed E-state index contributed by atoms with van der Waals surface area (Å²) in [5.74, 6) is -1.78. The Bertz CT molecular complexity index is 589. The van der Waals surface area contributed by atoms with Crippen molar-refractivity contribution in [2.24, 2.45) is 11.8 Å². The van der Waals surface area contributed by atoms with Gasteiger partial charge in [0.05, 0.1) is 24.7 Å². The first-order valence-corrected chi connectivity index (χ1v) is 8.76. The normalized spacial score (nSPS) is 12.8. The predicted octanol–water partition coefficient (Wildman–Crippen LogP) is 3.95. The SMILES string of the molecule is COC(=O)C(C)C(CCCCCCc1ccc(C#N)cc1)CC(=O)O. The van der Waals surface area contributed by atoms with Gasteiger partial charge in [0.15, 0.2) is 0 Å². The smallest absolute Gasteiger partial charge is 0.308 e. The Morgan fingerprint density at radius 2 is 1.80 bits per heavy atom. The van der Waals surface area contributed by atoms with Crippen LogP contribution in [0.2, 0.25) is 0 Å². The highest BCUT2D eigenvalue weighted by atomic mass is 16.5. The van der Waals surface area contributed by atoms with Gasteiger partial charge >= 0.3 is 11.9 Å². The summed E-state index contributed by atoms with van der Waals surface area (Å²) in [6.45, 7) is 1.74. The number of methoxy groups -OCH3 is 1. The van der Waals surface area contributed by atoms with Crippen LogP contribution < -0.4 is 0 Å². The molecule has 1 aromatic rings. The molecular formula is C20H27NO4. The number of hydrogen-bond acceptors (Lipinski definition) is 4. The molecule has 5 heteroatoms. The summed E-state index contributed by atoms with van der Waals surface area (Å²) in [6.07, 6.45) is 5.74. The van der Waals surface area contributed by atoms with Crippen LogP contribution in [0.4, 0.5) is 0 Å². The van der Waals surface area contributed by atoms with Crippen LogP contribution in [-0.4, -0.2) is 24.2 Å². The van der Waals surface area contributed by atoms with Gasteiger partial charge in [-0.05, 0) is 42.9 Å². The predicted molar refractivity (Wildman–Crippen MR) is 94.9 cm³/mol. The summed E-state index contributed by atoms with van der Waals surface area (Å²) < 4.78 is 4.73. The molecule has 0 bridgehead atoms. The third-order valence-electron chi connectivity index (χ3n) is 4.59. The van der Waals surface area contributed by atoms with Crippen molar-refractivity contribution >= 4 is 11.9 Å². The summed E-state index contributed by atoms with van der Waals surface area (Å²) in [7, 11) is 1.33. The molecule has 2 unspecified atom stereocenters. The zero-order chi connectivity index (χ0) is 18.7. The molecule has 0 radical (unpaired) electrons. The van der Waals surface area contributed by atoms with Crippen molar-refractivity contribution in [1.82, 2.24) is 0 Å². The Hall–Kier alpha value is -2.35. The molecule has 1 N–H and O–H groups in total. The summed E-state index contributed by atoms with van der Waals surface area (Å²) in [5.41, 5.74) is 1.90. The first-order valence-electron chi connectivity index (χ1n) is 8.76. The zero-order valence-electron chi connectivity index (χ0n) is 15.0. The van der Waals surface area contributed by atoms with Crippen LogP contribution in [0.15, 0.2) is 24.3 Å². The number of nitrogens with zero attached hydrogens (tertiary/aromatic N) is 1. The molecule has 1 rings (SSSR count). The van der Waals surface area contributed by atoms with Crippen molar-refractivity contribution < 1.29 is 19.4 Å². The van der Waals surface area contributed by atoms with E-state index in [2.05, 4.69) is 6.07 Å². The number of carboxylic acid groups (broad SMARTS) is 1. The first kappa shape index (κ1) is 20.7. The minimum Gasteiger partial charge on any atom is -0.481 e. The van der Waals surface area contributed by atoms with E-state index in [-0.39, 0.29) is 24.2 Å². The van der Waals surface area contributed by atoms with Gasteiger partial charge in [-0.3, -0.25) is 9.59 Å². The minimum absolute atomic E-state index is 0.00150. The lowest BCUT2D eigenvalue weighted by Crippen LogP contribution is -2.24. The summed E-state index contributed by atoms with van der Waals surface area (Å²) >= 11 is 0. The van der Waals surface area contributed by atoms with E-state index in [0.29, 0.717) is 5.56 Å². The Morgan fingerprint density at radius 3 is 2.36 bits per heavy atom. The molecule has 0 aliphatic carbocycles. The topological polar surface area (TPSA) is 87.4 Å². The summed E-state index contributed by atoms with van der Waals surface area (Å²) in [5, 5.41) is 17.8. The molecule has 0 aliphatic rings. The average molecular weight is 345 g/mol. The highest BCUT2D eigenvalue weighted by Crippen LogP contribution is 2.24. The molecule has 25 heavy (non-hydrogen) atoms. The second kappa shape index (κ2) is 11.2. The Labute approximate surface area is 149 Å². The maximum Gasteiger partial charge on any atom is 0.308 e. The molecule has 0 saturated heterocycles. The highest BCUT2D eigenvalue weighted by molar-refractivity contribution is 5.74. The van der Waals surface area contributed by atoms with E-state index in [1.165, 1.54) is 12.7 Å². The molecule has 0 heterocycles. The minimum atomic E-state index is -0.874. The van der Waals surface area contributed by atoms with Gasteiger partial charge in [0.1, 0.15) is 0 Å². The van der Waals surface area contributed by atoms with E-state index < -0.39 is 5.97 Å². The van der Waals surface area contributed by atoms with E-state index in [9.17, 15) is 9.59 Å². The number of ether oxygens (including phenoxy) is 1. The summed E-state index contributed by atoms with van der Waals surface area (Å²) in [4.78, 5) is 22.6. The fourth-order valence-corrected chi connectivity index (χ4v) is 2.97. The van der Waals surface area contributed by atoms with Crippen molar-refractivity contribution in [2.75, 3.05) is 7.11 Å². The van der Waals surface area contributed by atoms with Gasteiger partial charge in [0.25, 0.3) is 0 Å². The first-order chi connectivity index (χ1) is 12.0. The molecule has 0 amide bonds. The highest BCUT2D eigenvalue weighted by Gasteiger charge is 2.26. The number of nitriles is 1. The lowest BCUT2D eigenvalue weighted by molar-refractivity contribution is -0.148. The number of unbranched alkanes of at least 4 members (excludes halogenated alkanes) is 3. The number of aliphatic carboxylic acids is 1. The van der Waals surface area contributed by atoms with Crippen LogP contribution in [0.5, 0.6) is 0 Å². The van der Waals surface area contributed by atoms with Gasteiger partial charge in [-0.25, -0.2) is 0 Å². The van der Waals surface area contributed by atoms with Crippen molar-refractivity contribution in [2.45, 2.75) is 51.9 Å². The number of carboxylic acids is 1. The van der Waals surface area contributed by atoms with Crippen molar-refractivity contribution in [3.63, 3.8) is 0 Å². The van der Waals surface area contributed by atoms with E-state index in [1.54, 1.807) is 6.92 Å². The van der Waals surface area contributed by atoms with Crippen LogP contribution in [0.1, 0.15) is 56.6 Å².